The minimum Gasteiger partial charge on any atom is -0.271 e. The van der Waals surface area contributed by atoms with Crippen LogP contribution >= 0.6 is 0 Å². The fourth-order valence-electron chi connectivity index (χ4n) is 2.11. The summed E-state index contributed by atoms with van der Waals surface area (Å²) in [7, 11) is 0. The third kappa shape index (κ3) is 3.88. The lowest BCUT2D eigenvalue weighted by Crippen LogP contribution is -2.28. The van der Waals surface area contributed by atoms with E-state index in [0.717, 1.165) is 18.4 Å². The van der Waals surface area contributed by atoms with Crippen molar-refractivity contribution in [2.45, 2.75) is 25.8 Å². The summed E-state index contributed by atoms with van der Waals surface area (Å²) in [5, 5.41) is 0. The van der Waals surface area contributed by atoms with Gasteiger partial charge in [0.25, 0.3) is 0 Å². The molecule has 3 N–H and O–H groups in total. The van der Waals surface area contributed by atoms with E-state index in [1.54, 1.807) is 12.1 Å². The predicted octanol–water partition coefficient (Wildman–Crippen LogP) is 3.27. The maximum atomic E-state index is 12.9. The van der Waals surface area contributed by atoms with Crippen LogP contribution in [0.2, 0.25) is 0 Å². The first kappa shape index (κ1) is 13.7. The maximum absolute atomic E-state index is 12.9. The summed E-state index contributed by atoms with van der Waals surface area (Å²) in [6.45, 7) is 2.08. The zero-order chi connectivity index (χ0) is 13.7. The molecule has 0 bridgehead atoms. The first-order valence-electron chi connectivity index (χ1n) is 6.46. The predicted molar refractivity (Wildman–Crippen MR) is 76.0 cm³/mol. The van der Waals surface area contributed by atoms with Crippen molar-refractivity contribution < 1.29 is 4.39 Å². The van der Waals surface area contributed by atoms with E-state index < -0.39 is 0 Å². The molecule has 2 rings (SSSR count). The second kappa shape index (κ2) is 6.45. The molecule has 100 valence electrons. The maximum Gasteiger partial charge on any atom is 0.123 e. The molecule has 0 aliphatic rings. The second-order valence-corrected chi connectivity index (χ2v) is 4.80. The molecule has 0 spiro atoms. The van der Waals surface area contributed by atoms with Crippen LogP contribution in [0.5, 0.6) is 0 Å². The highest BCUT2D eigenvalue weighted by molar-refractivity contribution is 5.23. The lowest BCUT2D eigenvalue weighted by Gasteiger charge is -2.16. The second-order valence-electron chi connectivity index (χ2n) is 4.80. The van der Waals surface area contributed by atoms with Gasteiger partial charge in [0.15, 0.2) is 0 Å². The number of hydrogen-bond donors (Lipinski definition) is 2. The lowest BCUT2D eigenvalue weighted by molar-refractivity contribution is 0.515. The summed E-state index contributed by atoms with van der Waals surface area (Å²) in [5.41, 5.74) is 6.35. The van der Waals surface area contributed by atoms with Gasteiger partial charge < -0.3 is 0 Å². The molecule has 0 aromatic heterocycles. The van der Waals surface area contributed by atoms with Crippen molar-refractivity contribution in [1.82, 2.24) is 5.43 Å². The van der Waals surface area contributed by atoms with Crippen molar-refractivity contribution >= 4 is 0 Å². The van der Waals surface area contributed by atoms with Crippen LogP contribution in [0.25, 0.3) is 0 Å². The summed E-state index contributed by atoms with van der Waals surface area (Å²) in [5.74, 6) is 5.36. The molecule has 0 fully saturated rings. The summed E-state index contributed by atoms with van der Waals surface area (Å²) >= 11 is 0. The molecule has 3 heteroatoms. The van der Waals surface area contributed by atoms with Gasteiger partial charge in [-0.25, -0.2) is 4.39 Å². The van der Waals surface area contributed by atoms with Gasteiger partial charge in [0, 0.05) is 6.04 Å². The van der Waals surface area contributed by atoms with Crippen LogP contribution < -0.4 is 11.3 Å². The van der Waals surface area contributed by atoms with Gasteiger partial charge in [0.1, 0.15) is 5.82 Å². The average molecular weight is 258 g/mol. The van der Waals surface area contributed by atoms with Gasteiger partial charge >= 0.3 is 0 Å². The summed E-state index contributed by atoms with van der Waals surface area (Å²) in [6.07, 6.45) is 1.82. The molecule has 0 aliphatic heterocycles. The number of nitrogens with one attached hydrogen (secondary N) is 1. The third-order valence-electron chi connectivity index (χ3n) is 3.32. The van der Waals surface area contributed by atoms with Gasteiger partial charge in [-0.05, 0) is 43.0 Å². The van der Waals surface area contributed by atoms with Crippen molar-refractivity contribution in [2.24, 2.45) is 5.84 Å². The SMILES string of the molecule is Cc1ccc(CCC(NN)c2ccc(F)cc2)cc1. The zero-order valence-corrected chi connectivity index (χ0v) is 11.1. The molecule has 0 radical (unpaired) electrons. The van der Waals surface area contributed by atoms with Crippen LogP contribution in [0.4, 0.5) is 4.39 Å². The molecule has 0 saturated heterocycles. The Hall–Kier alpha value is -1.71. The van der Waals surface area contributed by atoms with Crippen LogP contribution in [-0.4, -0.2) is 0 Å². The standard InChI is InChI=1S/C16H19FN2/c1-12-2-4-13(5-3-12)6-11-16(19-18)14-7-9-15(17)10-8-14/h2-5,7-10,16,19H,6,11,18H2,1H3. The first-order chi connectivity index (χ1) is 9.19. The molecule has 0 aliphatic carbocycles. The van der Waals surface area contributed by atoms with Crippen LogP contribution in [0.1, 0.15) is 29.2 Å². The van der Waals surface area contributed by atoms with E-state index in [1.807, 2.05) is 0 Å². The average Bonchev–Trinajstić information content (AvgIpc) is 2.43. The molecule has 2 aromatic carbocycles. The molecule has 19 heavy (non-hydrogen) atoms. The molecular formula is C16H19FN2. The Bertz CT molecular complexity index is 505. The van der Waals surface area contributed by atoms with Crippen LogP contribution in [0.15, 0.2) is 48.5 Å². The highest BCUT2D eigenvalue weighted by atomic mass is 19.1. The Morgan fingerprint density at radius 1 is 1.05 bits per heavy atom. The number of benzene rings is 2. The topological polar surface area (TPSA) is 38.0 Å². The normalized spacial score (nSPS) is 12.4. The van der Waals surface area contributed by atoms with Gasteiger partial charge in [0.2, 0.25) is 0 Å². The van der Waals surface area contributed by atoms with Crippen molar-refractivity contribution in [2.75, 3.05) is 0 Å². The number of hydrazine groups is 1. The molecule has 1 atom stereocenters. The lowest BCUT2D eigenvalue weighted by atomic mass is 9.99. The van der Waals surface area contributed by atoms with E-state index in [0.29, 0.717) is 0 Å². The monoisotopic (exact) mass is 258 g/mol. The number of hydrogen-bond acceptors (Lipinski definition) is 2. The molecule has 2 aromatic rings. The van der Waals surface area contributed by atoms with Crippen LogP contribution in [-0.2, 0) is 6.42 Å². The molecule has 0 saturated carbocycles. The summed E-state index contributed by atoms with van der Waals surface area (Å²) in [6, 6.07) is 15.0. The molecule has 1 unspecified atom stereocenters. The molecule has 0 amide bonds. The smallest absolute Gasteiger partial charge is 0.123 e. The molecular weight excluding hydrogens is 239 g/mol. The van der Waals surface area contributed by atoms with E-state index in [4.69, 9.17) is 5.84 Å². The van der Waals surface area contributed by atoms with Gasteiger partial charge in [-0.2, -0.15) is 0 Å². The molecule has 0 heterocycles. The zero-order valence-electron chi connectivity index (χ0n) is 11.1. The number of aryl methyl sites for hydroxylation is 2. The Kier molecular flexibility index (Phi) is 4.66. The highest BCUT2D eigenvalue weighted by Crippen LogP contribution is 2.19. The van der Waals surface area contributed by atoms with E-state index in [9.17, 15) is 4.39 Å². The number of rotatable bonds is 5. The fourth-order valence-corrected chi connectivity index (χ4v) is 2.11. The molecule has 2 nitrogen and oxygen atoms in total. The largest absolute Gasteiger partial charge is 0.271 e. The highest BCUT2D eigenvalue weighted by Gasteiger charge is 2.09. The van der Waals surface area contributed by atoms with Gasteiger partial charge in [-0.1, -0.05) is 42.0 Å². The van der Waals surface area contributed by atoms with E-state index in [1.165, 1.54) is 23.3 Å². The minimum absolute atomic E-state index is 0.0434. The van der Waals surface area contributed by atoms with E-state index in [-0.39, 0.29) is 11.9 Å². The minimum atomic E-state index is -0.224. The van der Waals surface area contributed by atoms with Crippen molar-refractivity contribution in [3.8, 4) is 0 Å². The van der Waals surface area contributed by atoms with Gasteiger partial charge in [-0.15, -0.1) is 0 Å². The van der Waals surface area contributed by atoms with Gasteiger partial charge in [0.05, 0.1) is 0 Å². The fraction of sp³-hybridized carbons (Fsp3) is 0.250. The van der Waals surface area contributed by atoms with Crippen molar-refractivity contribution in [3.63, 3.8) is 0 Å². The summed E-state index contributed by atoms with van der Waals surface area (Å²) < 4.78 is 12.9. The van der Waals surface area contributed by atoms with Crippen molar-refractivity contribution in [3.05, 3.63) is 71.0 Å². The quantitative estimate of drug-likeness (QED) is 0.638. The van der Waals surface area contributed by atoms with E-state index in [2.05, 4.69) is 36.6 Å². The third-order valence-corrected chi connectivity index (χ3v) is 3.32. The van der Waals surface area contributed by atoms with E-state index >= 15 is 0 Å². The van der Waals surface area contributed by atoms with Gasteiger partial charge in [-0.3, -0.25) is 11.3 Å². The Balaban J connectivity index is 1.99. The Labute approximate surface area is 113 Å². The van der Waals surface area contributed by atoms with Crippen LogP contribution in [0, 0.1) is 12.7 Å². The first-order valence-corrected chi connectivity index (χ1v) is 6.46. The Morgan fingerprint density at radius 3 is 2.26 bits per heavy atom. The van der Waals surface area contributed by atoms with Crippen molar-refractivity contribution in [1.29, 1.82) is 0 Å². The summed E-state index contributed by atoms with van der Waals surface area (Å²) in [4.78, 5) is 0. The van der Waals surface area contributed by atoms with Crippen LogP contribution in [0.3, 0.4) is 0 Å². The number of halogens is 1. The Morgan fingerprint density at radius 2 is 1.68 bits per heavy atom. The number of nitrogens with two attached hydrogens (primary N) is 1.